The highest BCUT2D eigenvalue weighted by Crippen LogP contribution is 2.46. The molecular weight excluding hydrogens is 1620 g/mol. The number of aromatic nitrogens is 8. The van der Waals surface area contributed by atoms with Crippen molar-refractivity contribution in [2.24, 2.45) is 21.1 Å². The Morgan fingerprint density at radius 3 is 1.35 bits per heavy atom. The van der Waals surface area contributed by atoms with Gasteiger partial charge >= 0.3 is 46.9 Å². The van der Waals surface area contributed by atoms with Crippen molar-refractivity contribution < 1.29 is 116 Å². The van der Waals surface area contributed by atoms with E-state index < -0.39 is 120 Å². The lowest BCUT2D eigenvalue weighted by molar-refractivity contribution is -0.234. The Bertz CT molecular complexity index is 5270. The molecule has 8 heterocycles. The number of aliphatic hydroxyl groups is 4. The third-order valence-corrected chi connectivity index (χ3v) is 22.0. The second-order valence-corrected chi connectivity index (χ2v) is 31.0. The van der Waals surface area contributed by atoms with Crippen LogP contribution in [0.1, 0.15) is 203 Å². The first-order valence-electron chi connectivity index (χ1n) is 38.5. The van der Waals surface area contributed by atoms with E-state index in [1.165, 1.54) is 85.7 Å². The largest absolute Gasteiger partial charge is 0.494 e. The first kappa shape index (κ1) is 102. The molecule has 0 radical (unpaired) electrons. The summed E-state index contributed by atoms with van der Waals surface area (Å²) in [4.78, 5) is 137. The maximum Gasteiger partial charge on any atom is 0.344 e. The molecule has 4 aliphatic heterocycles. The monoisotopic (exact) mass is 1730 g/mol. The lowest BCUT2D eigenvalue weighted by atomic mass is 9.97. The van der Waals surface area contributed by atoms with Gasteiger partial charge in [0.1, 0.15) is 28.2 Å². The minimum atomic E-state index is -3.43. The van der Waals surface area contributed by atoms with E-state index in [1.807, 2.05) is 40.7 Å². The number of aliphatic hydroxyl groups excluding tert-OH is 4. The van der Waals surface area contributed by atoms with Crippen LogP contribution in [-0.4, -0.2) is 151 Å². The molecule has 1 aromatic carbocycles. The molecule has 8 N–H and O–H groups in total. The van der Waals surface area contributed by atoms with Crippen molar-refractivity contribution in [1.82, 2.24) is 36.5 Å². The summed E-state index contributed by atoms with van der Waals surface area (Å²) in [6.45, 7) is 31.0. The first-order chi connectivity index (χ1) is 55.8. The molecule has 3 atom stereocenters. The van der Waals surface area contributed by atoms with E-state index in [-0.39, 0.29) is 92.9 Å². The van der Waals surface area contributed by atoms with Gasteiger partial charge in [0, 0.05) is 93.7 Å². The molecule has 668 valence electrons. The second-order valence-electron chi connectivity index (χ2n) is 28.3. The molecule has 1 fully saturated rings. The first-order valence-corrected chi connectivity index (χ1v) is 40.4. The highest BCUT2D eigenvalue weighted by molar-refractivity contribution is 7.96. The van der Waals surface area contributed by atoms with Gasteiger partial charge in [0.25, 0.3) is 63.4 Å². The molecule has 4 aromatic heterocycles. The predicted octanol–water partition coefficient (Wildman–Crippen LogP) is 8.45. The second kappa shape index (κ2) is 44.3. The van der Waals surface area contributed by atoms with Crippen LogP contribution in [0.2, 0.25) is 0 Å². The number of nitrogens with zero attached hydrogens (tertiary/aromatic N) is 8. The number of carbonyl (C=O) groups is 5. The number of esters is 5. The van der Waals surface area contributed by atoms with Crippen LogP contribution >= 0.6 is 12.2 Å². The lowest BCUT2D eigenvalue weighted by Gasteiger charge is -2.33. The van der Waals surface area contributed by atoms with Gasteiger partial charge in [0.15, 0.2) is 4.77 Å². The number of cyclic esters (lactones) is 3. The van der Waals surface area contributed by atoms with E-state index in [1.54, 1.807) is 63.5 Å². The topological polar surface area (TPSA) is 523 Å². The quantitative estimate of drug-likeness (QED) is 0.0246. The summed E-state index contributed by atoms with van der Waals surface area (Å²) in [6, 6.07) is 8.74. The highest BCUT2D eigenvalue weighted by Gasteiger charge is 2.54. The van der Waals surface area contributed by atoms with E-state index in [0.717, 1.165) is 61.4 Å². The Kier molecular flexibility index (Phi) is 37.8. The summed E-state index contributed by atoms with van der Waals surface area (Å²) < 4.78 is 78.1. The summed E-state index contributed by atoms with van der Waals surface area (Å²) in [5, 5.41) is 75.6. The molecule has 0 bridgehead atoms. The summed E-state index contributed by atoms with van der Waals surface area (Å²) in [5.41, 5.74) is -2.14. The van der Waals surface area contributed by atoms with Gasteiger partial charge in [-0.1, -0.05) is 58.7 Å². The maximum atomic E-state index is 12.4. The van der Waals surface area contributed by atoms with Crippen LogP contribution in [0.15, 0.2) is 109 Å². The predicted molar refractivity (Wildman–Crippen MR) is 437 cm³/mol. The summed E-state index contributed by atoms with van der Waals surface area (Å²) in [6.07, 6.45) is 8.09. The zero-order valence-electron chi connectivity index (χ0n) is 71.7. The molecule has 120 heavy (non-hydrogen) atoms. The Hall–Kier alpha value is -11.8. The molecule has 0 saturated heterocycles. The minimum absolute atomic E-state index is 0.0126. The molecule has 0 amide bonds. The van der Waals surface area contributed by atoms with Crippen LogP contribution in [0.3, 0.4) is 0 Å². The molecular formula is C79H114N8O31S2. The number of hydrogen-bond donors (Lipinski definition) is 8. The number of benzene rings is 1. The Morgan fingerprint density at radius 2 is 0.908 bits per heavy atom. The summed E-state index contributed by atoms with van der Waals surface area (Å²) in [5.74, 6) is -8.56. The number of carbonyl (C=O) groups excluding carboxylic acids is 5. The van der Waals surface area contributed by atoms with Crippen LogP contribution in [0.5, 0.6) is 23.5 Å². The number of allylic oxidation sites excluding steroid dienone is 1. The van der Waals surface area contributed by atoms with Gasteiger partial charge in [-0.05, 0) is 133 Å². The molecule has 10 rings (SSSR count). The molecule has 5 aromatic rings. The van der Waals surface area contributed by atoms with Crippen molar-refractivity contribution in [3.8, 4) is 29.2 Å². The minimum Gasteiger partial charge on any atom is -0.494 e. The average molecular weight is 1740 g/mol. The van der Waals surface area contributed by atoms with Crippen LogP contribution in [-0.2, 0) is 124 Å². The fourth-order valence-electron chi connectivity index (χ4n) is 11.4. The zero-order chi connectivity index (χ0) is 91.8. The van der Waals surface area contributed by atoms with Gasteiger partial charge in [-0.25, -0.2) is 46.3 Å². The van der Waals surface area contributed by atoms with Gasteiger partial charge in [0.05, 0.1) is 47.6 Å². The van der Waals surface area contributed by atoms with Crippen LogP contribution in [0.4, 0.5) is 0 Å². The van der Waals surface area contributed by atoms with Gasteiger partial charge in [0.2, 0.25) is 38.3 Å². The van der Waals surface area contributed by atoms with Crippen LogP contribution in [0.25, 0.3) is 5.69 Å². The molecule has 1 aliphatic carbocycles. The smallest absolute Gasteiger partial charge is 0.344 e. The standard InChI is InChI=1S/C15H18N2O3.C11H16N2O5.C11H16O6.C9H14N2O2S.C9H14O4S.C9H14O4.C8H12O4.C7H10N2O3/c1-3-4-10-16-13(18)11(2)14(19)17(15(16)20)12-8-6-5-7-9-12;1-4-5-18-8(14)6-13-10(16)7(2)9(15)12(3)11(13)17;1-4-15-8(12)5-6-11(3)16-9(13)7(2)10(14)17-11;1-4-10-7(12)6(3)8(13)11(5-2)9(10)14;1-7-8(10)13-9(14(7,11)12)5-3-2-4-6-9;1-4-5-9(3)12-7(10)6(2)8(11)13-9;1-4-8(3)11-6(9)5(2)7(10)12-8;1-4-5(10)8(2)7(12)9(3)6(4)11/h5-9,18H,3-4,10H2,1-2H3;15H,4-6H2,1-3H3;13H,4-6H2,1-3H3;12H,4-5H2,1-3H3;10H,2-6H2,1H3;10H,4-5H2,1-3H3;9H,4H2,1-3H3;10H,1-3H3. The number of ether oxygens (including phenoxy) is 9. The van der Waals surface area contributed by atoms with E-state index in [4.69, 9.17) is 54.8 Å². The van der Waals surface area contributed by atoms with E-state index in [9.17, 15) is 107 Å². The summed E-state index contributed by atoms with van der Waals surface area (Å²) >= 11 is 5.09. The van der Waals surface area contributed by atoms with Crippen molar-refractivity contribution in [3.63, 3.8) is 0 Å². The number of para-hydroxylation sites is 1. The third kappa shape index (κ3) is 25.2. The number of aromatic hydroxyl groups is 4. The van der Waals surface area contributed by atoms with Crippen molar-refractivity contribution >= 4 is 51.9 Å². The third-order valence-electron chi connectivity index (χ3n) is 19.2. The highest BCUT2D eigenvalue weighted by atomic mass is 32.2. The van der Waals surface area contributed by atoms with Crippen molar-refractivity contribution in [2.75, 3.05) is 13.2 Å². The number of sulfone groups is 1. The van der Waals surface area contributed by atoms with Crippen molar-refractivity contribution in [1.29, 1.82) is 0 Å². The van der Waals surface area contributed by atoms with Gasteiger partial charge in [-0.2, -0.15) is 0 Å². The molecule has 3 unspecified atom stereocenters. The molecule has 1 spiro atoms. The zero-order valence-corrected chi connectivity index (χ0v) is 73.3. The Labute approximate surface area is 696 Å². The lowest BCUT2D eigenvalue weighted by Crippen LogP contribution is -2.42. The average Bonchev–Trinajstić information content (AvgIpc) is 1.58. The molecule has 1 saturated carbocycles. The molecule has 5 aliphatic rings. The fraction of sp³-hybridized carbons (Fsp3) is 0.557. The summed E-state index contributed by atoms with van der Waals surface area (Å²) in [7, 11) is 0.666. The molecule has 41 heteroatoms. The number of hydrogen-bond acceptors (Lipinski definition) is 32. The van der Waals surface area contributed by atoms with E-state index >= 15 is 0 Å². The van der Waals surface area contributed by atoms with Gasteiger partial charge < -0.3 is 83.5 Å². The Balaban J connectivity index is 0.000000356. The van der Waals surface area contributed by atoms with Gasteiger partial charge in [-0.15, -0.1) is 0 Å². The van der Waals surface area contributed by atoms with Crippen LogP contribution in [0, 0.1) is 32.5 Å². The normalized spacial score (nSPS) is 18.5. The maximum absolute atomic E-state index is 12.4. The Morgan fingerprint density at radius 1 is 0.467 bits per heavy atom. The SMILES string of the molecule is CC1=C(O)OC2(CCCCC2)S1(=O)=O.CCC1(C)OC(=O)C(C)=C(O)O1.CCCC1(C)OC(=O)C(C)=C(O)O1.CCCCn1c(O)c(C)c(=O)n(-c2ccccc2)c1=O.CCCOC(=O)Cn1c(=O)c(C)c(O)n(C)c1=O.CCOC(=O)CCC1(C)OC(=O)C(C)=C(O)O1.CCn1c(O)c(C)c(=O)n(CC)c1=S.Cc1c(O)n(C)c(=O)n(C)c1=O. The number of rotatable bonds is 17. The molecule has 39 nitrogen and oxygen atoms in total. The van der Waals surface area contributed by atoms with E-state index in [0.29, 0.717) is 74.4 Å². The van der Waals surface area contributed by atoms with Crippen molar-refractivity contribution in [2.45, 2.75) is 257 Å². The van der Waals surface area contributed by atoms with Crippen molar-refractivity contribution in [3.05, 3.63) is 176 Å². The van der Waals surface area contributed by atoms with E-state index in [2.05, 4.69) is 0 Å². The number of unbranched alkanes of at least 4 members (excludes halogenated alkanes) is 1. The fourth-order valence-corrected chi connectivity index (χ4v) is 13.7. The van der Waals surface area contributed by atoms with Crippen LogP contribution < -0.4 is 39.3 Å². The van der Waals surface area contributed by atoms with Gasteiger partial charge in [-0.3, -0.25) is 56.2 Å².